The number of anilines is 1. The van der Waals surface area contributed by atoms with Crippen molar-refractivity contribution in [2.75, 3.05) is 5.73 Å². The molecule has 0 amide bonds. The van der Waals surface area contributed by atoms with Crippen molar-refractivity contribution >= 4 is 5.95 Å². The average molecular weight is 216 g/mol. The number of nitrogens with two attached hydrogens (primary N) is 1. The van der Waals surface area contributed by atoms with E-state index in [1.807, 2.05) is 13.8 Å². The van der Waals surface area contributed by atoms with Crippen molar-refractivity contribution in [3.63, 3.8) is 0 Å². The minimum atomic E-state index is 0.200. The van der Waals surface area contributed by atoms with Crippen molar-refractivity contribution in [1.82, 2.24) is 24.9 Å². The molecular weight excluding hydrogens is 204 g/mol. The zero-order chi connectivity index (χ0) is 11.5. The van der Waals surface area contributed by atoms with Gasteiger partial charge in [0, 0.05) is 18.8 Å². The summed E-state index contributed by atoms with van der Waals surface area (Å²) >= 11 is 0. The van der Waals surface area contributed by atoms with E-state index in [1.165, 1.54) is 0 Å². The van der Waals surface area contributed by atoms with Gasteiger partial charge in [-0.3, -0.25) is 0 Å². The van der Waals surface area contributed by atoms with Crippen LogP contribution in [-0.2, 0) is 6.42 Å². The van der Waals surface area contributed by atoms with E-state index in [1.54, 1.807) is 12.4 Å². The molecule has 0 fully saturated rings. The van der Waals surface area contributed by atoms with Gasteiger partial charge in [-0.25, -0.2) is 15.0 Å². The molecule has 2 aromatic rings. The summed E-state index contributed by atoms with van der Waals surface area (Å²) in [5.74, 6) is 1.73. The molecule has 0 saturated heterocycles. The maximum absolute atomic E-state index is 5.58. The summed E-state index contributed by atoms with van der Waals surface area (Å²) in [4.78, 5) is 20.5. The number of rotatable bonds is 2. The number of hydrogen-bond donors (Lipinski definition) is 1. The van der Waals surface area contributed by atoms with Crippen LogP contribution in [0.15, 0.2) is 12.4 Å². The molecule has 0 bridgehead atoms. The Morgan fingerprint density at radius 2 is 1.75 bits per heavy atom. The van der Waals surface area contributed by atoms with Gasteiger partial charge in [-0.15, -0.1) is 0 Å². The van der Waals surface area contributed by atoms with E-state index in [4.69, 9.17) is 5.73 Å². The lowest BCUT2D eigenvalue weighted by Gasteiger charge is -2.02. The first-order valence-corrected chi connectivity index (χ1v) is 4.98. The van der Waals surface area contributed by atoms with Gasteiger partial charge in [0.05, 0.1) is 0 Å². The van der Waals surface area contributed by atoms with Crippen LogP contribution in [0.5, 0.6) is 0 Å². The third-order valence-electron chi connectivity index (χ3n) is 2.00. The van der Waals surface area contributed by atoms with E-state index in [0.29, 0.717) is 23.9 Å². The molecule has 0 spiro atoms. The summed E-state index contributed by atoms with van der Waals surface area (Å²) in [5, 5.41) is 0. The summed E-state index contributed by atoms with van der Waals surface area (Å²) < 4.78 is 0. The SMILES string of the molecule is CCc1nc(N)nc(-c2ncc(C)cn2)n1. The summed E-state index contributed by atoms with van der Waals surface area (Å²) in [7, 11) is 0. The standard InChI is InChI=1S/C10H12N6/c1-3-7-14-9(16-10(11)15-7)8-12-4-6(2)5-13-8/h4-5H,3H2,1-2H3,(H2,11,14,15,16). The van der Waals surface area contributed by atoms with Crippen molar-refractivity contribution in [3.05, 3.63) is 23.8 Å². The zero-order valence-corrected chi connectivity index (χ0v) is 9.18. The molecule has 0 aliphatic carbocycles. The van der Waals surface area contributed by atoms with E-state index < -0.39 is 0 Å². The summed E-state index contributed by atoms with van der Waals surface area (Å²) in [6.45, 7) is 3.87. The van der Waals surface area contributed by atoms with Crippen LogP contribution in [-0.4, -0.2) is 24.9 Å². The van der Waals surface area contributed by atoms with Gasteiger partial charge < -0.3 is 5.73 Å². The number of hydrogen-bond acceptors (Lipinski definition) is 6. The molecular formula is C10H12N6. The minimum absolute atomic E-state index is 0.200. The highest BCUT2D eigenvalue weighted by atomic mass is 15.1. The van der Waals surface area contributed by atoms with Gasteiger partial charge in [-0.05, 0) is 12.5 Å². The second-order valence-electron chi connectivity index (χ2n) is 3.37. The third kappa shape index (κ3) is 2.10. The predicted octanol–water partition coefficient (Wildman–Crippen LogP) is 0.782. The lowest BCUT2D eigenvalue weighted by molar-refractivity contribution is 0.902. The molecule has 2 N–H and O–H groups in total. The fourth-order valence-electron chi connectivity index (χ4n) is 1.20. The summed E-state index contributed by atoms with van der Waals surface area (Å²) in [6.07, 6.45) is 4.13. The lowest BCUT2D eigenvalue weighted by atomic mass is 10.4. The molecule has 0 unspecified atom stereocenters. The van der Waals surface area contributed by atoms with E-state index in [0.717, 1.165) is 5.56 Å². The normalized spacial score (nSPS) is 10.4. The quantitative estimate of drug-likeness (QED) is 0.797. The van der Waals surface area contributed by atoms with Crippen LogP contribution >= 0.6 is 0 Å². The Morgan fingerprint density at radius 3 is 2.38 bits per heavy atom. The van der Waals surface area contributed by atoms with Crippen molar-refractivity contribution in [2.45, 2.75) is 20.3 Å². The fourth-order valence-corrected chi connectivity index (χ4v) is 1.20. The summed E-state index contributed by atoms with van der Waals surface area (Å²) in [5.41, 5.74) is 6.57. The van der Waals surface area contributed by atoms with Crippen LogP contribution in [0.4, 0.5) is 5.95 Å². The number of aryl methyl sites for hydroxylation is 2. The molecule has 0 aliphatic rings. The Balaban J connectivity index is 2.47. The lowest BCUT2D eigenvalue weighted by Crippen LogP contribution is -2.05. The Hall–Kier alpha value is -2.11. The van der Waals surface area contributed by atoms with Crippen LogP contribution in [0.2, 0.25) is 0 Å². The third-order valence-corrected chi connectivity index (χ3v) is 2.00. The number of nitrogens with zero attached hydrogens (tertiary/aromatic N) is 5. The van der Waals surface area contributed by atoms with Crippen molar-refractivity contribution < 1.29 is 0 Å². The van der Waals surface area contributed by atoms with Gasteiger partial charge in [0.2, 0.25) is 11.8 Å². The molecule has 0 atom stereocenters. The molecule has 0 radical (unpaired) electrons. The van der Waals surface area contributed by atoms with Gasteiger partial charge in [-0.1, -0.05) is 6.92 Å². The Labute approximate surface area is 93.0 Å². The van der Waals surface area contributed by atoms with Crippen molar-refractivity contribution in [1.29, 1.82) is 0 Å². The first-order chi connectivity index (χ1) is 7.69. The van der Waals surface area contributed by atoms with Gasteiger partial charge in [0.25, 0.3) is 0 Å². The number of nitrogen functional groups attached to an aromatic ring is 1. The second kappa shape index (κ2) is 4.18. The molecule has 82 valence electrons. The Bertz CT molecular complexity index is 493. The van der Waals surface area contributed by atoms with Crippen LogP contribution in [0.3, 0.4) is 0 Å². The smallest absolute Gasteiger partial charge is 0.223 e. The maximum atomic E-state index is 5.58. The zero-order valence-electron chi connectivity index (χ0n) is 9.18. The van der Waals surface area contributed by atoms with Crippen molar-refractivity contribution in [3.8, 4) is 11.6 Å². The minimum Gasteiger partial charge on any atom is -0.368 e. The molecule has 16 heavy (non-hydrogen) atoms. The van der Waals surface area contributed by atoms with Gasteiger partial charge in [0.15, 0.2) is 5.82 Å². The van der Waals surface area contributed by atoms with E-state index in [9.17, 15) is 0 Å². The van der Waals surface area contributed by atoms with E-state index in [2.05, 4.69) is 24.9 Å². The molecule has 0 saturated carbocycles. The molecule has 6 nitrogen and oxygen atoms in total. The highest BCUT2D eigenvalue weighted by Crippen LogP contribution is 2.10. The average Bonchev–Trinajstić information content (AvgIpc) is 2.29. The number of aromatic nitrogens is 5. The topological polar surface area (TPSA) is 90.5 Å². The molecule has 2 heterocycles. The van der Waals surface area contributed by atoms with Gasteiger partial charge in [-0.2, -0.15) is 9.97 Å². The van der Waals surface area contributed by atoms with Crippen LogP contribution < -0.4 is 5.73 Å². The van der Waals surface area contributed by atoms with E-state index >= 15 is 0 Å². The molecule has 2 rings (SSSR count). The molecule has 2 aromatic heterocycles. The first-order valence-electron chi connectivity index (χ1n) is 4.98. The van der Waals surface area contributed by atoms with Crippen molar-refractivity contribution in [2.24, 2.45) is 0 Å². The van der Waals surface area contributed by atoms with Crippen LogP contribution in [0.1, 0.15) is 18.3 Å². The van der Waals surface area contributed by atoms with Gasteiger partial charge in [0.1, 0.15) is 5.82 Å². The second-order valence-corrected chi connectivity index (χ2v) is 3.37. The Morgan fingerprint density at radius 1 is 1.06 bits per heavy atom. The Kier molecular flexibility index (Phi) is 2.72. The maximum Gasteiger partial charge on any atom is 0.223 e. The molecule has 0 aromatic carbocycles. The summed E-state index contributed by atoms with van der Waals surface area (Å²) in [6, 6.07) is 0. The van der Waals surface area contributed by atoms with Crippen LogP contribution in [0.25, 0.3) is 11.6 Å². The van der Waals surface area contributed by atoms with Crippen LogP contribution in [0, 0.1) is 6.92 Å². The predicted molar refractivity (Wildman–Crippen MR) is 59.4 cm³/mol. The first kappa shape index (κ1) is 10.4. The molecule has 0 aliphatic heterocycles. The fraction of sp³-hybridized carbons (Fsp3) is 0.300. The molecule has 6 heteroatoms. The highest BCUT2D eigenvalue weighted by molar-refractivity contribution is 5.44. The van der Waals surface area contributed by atoms with Gasteiger partial charge >= 0.3 is 0 Å². The monoisotopic (exact) mass is 216 g/mol. The van der Waals surface area contributed by atoms with E-state index in [-0.39, 0.29) is 5.95 Å². The largest absolute Gasteiger partial charge is 0.368 e. The highest BCUT2D eigenvalue weighted by Gasteiger charge is 2.07.